The van der Waals surface area contributed by atoms with Gasteiger partial charge < -0.3 is 9.64 Å². The number of amides is 1. The molecular formula is C17H24N2O2. The van der Waals surface area contributed by atoms with Gasteiger partial charge in [0.2, 0.25) is 0 Å². The Morgan fingerprint density at radius 3 is 2.67 bits per heavy atom. The van der Waals surface area contributed by atoms with Gasteiger partial charge in [-0.3, -0.25) is 4.90 Å². The van der Waals surface area contributed by atoms with E-state index in [2.05, 4.69) is 29.2 Å². The Morgan fingerprint density at radius 2 is 2.00 bits per heavy atom. The fourth-order valence-electron chi connectivity index (χ4n) is 3.16. The number of ether oxygens (including phenoxy) is 1. The molecule has 1 amide bonds. The highest BCUT2D eigenvalue weighted by atomic mass is 16.6. The summed E-state index contributed by atoms with van der Waals surface area (Å²) in [6.07, 6.45) is 3.38. The topological polar surface area (TPSA) is 32.8 Å². The molecule has 1 atom stereocenters. The van der Waals surface area contributed by atoms with Crippen LogP contribution in [-0.4, -0.2) is 54.2 Å². The van der Waals surface area contributed by atoms with Gasteiger partial charge in [0.05, 0.1) is 12.6 Å². The summed E-state index contributed by atoms with van der Waals surface area (Å²) in [5, 5.41) is 0. The molecule has 0 bridgehead atoms. The Hall–Kier alpha value is -1.55. The predicted molar refractivity (Wildman–Crippen MR) is 82.3 cm³/mol. The van der Waals surface area contributed by atoms with Crippen LogP contribution in [0, 0.1) is 0 Å². The monoisotopic (exact) mass is 288 g/mol. The van der Waals surface area contributed by atoms with Crippen molar-refractivity contribution in [3.8, 4) is 0 Å². The van der Waals surface area contributed by atoms with Crippen LogP contribution in [0.3, 0.4) is 0 Å². The van der Waals surface area contributed by atoms with Gasteiger partial charge in [-0.2, -0.15) is 0 Å². The third-order valence-corrected chi connectivity index (χ3v) is 4.39. The van der Waals surface area contributed by atoms with Crippen LogP contribution in [0.15, 0.2) is 30.3 Å². The predicted octanol–water partition coefficient (Wildman–Crippen LogP) is 2.53. The zero-order chi connectivity index (χ0) is 14.7. The molecule has 2 aliphatic rings. The maximum atomic E-state index is 12.2. The third-order valence-electron chi connectivity index (χ3n) is 4.39. The first-order chi connectivity index (χ1) is 10.3. The SMILES string of the molecule is CCOC(=O)N1CCN(C2CC2)CC1Cc1ccccc1. The van der Waals surface area contributed by atoms with Gasteiger partial charge in [-0.25, -0.2) is 4.79 Å². The van der Waals surface area contributed by atoms with Gasteiger partial charge >= 0.3 is 6.09 Å². The van der Waals surface area contributed by atoms with Crippen molar-refractivity contribution in [1.29, 1.82) is 0 Å². The maximum absolute atomic E-state index is 12.2. The van der Waals surface area contributed by atoms with Crippen LogP contribution in [0.2, 0.25) is 0 Å². The van der Waals surface area contributed by atoms with Gasteiger partial charge in [-0.1, -0.05) is 30.3 Å². The molecule has 1 aliphatic carbocycles. The van der Waals surface area contributed by atoms with Crippen molar-refractivity contribution in [2.75, 3.05) is 26.2 Å². The summed E-state index contributed by atoms with van der Waals surface area (Å²) in [7, 11) is 0. The Labute approximate surface area is 126 Å². The number of rotatable bonds is 4. The smallest absolute Gasteiger partial charge is 0.410 e. The van der Waals surface area contributed by atoms with E-state index in [4.69, 9.17) is 4.74 Å². The quantitative estimate of drug-likeness (QED) is 0.853. The largest absolute Gasteiger partial charge is 0.450 e. The van der Waals surface area contributed by atoms with E-state index >= 15 is 0 Å². The second-order valence-electron chi connectivity index (χ2n) is 5.96. The van der Waals surface area contributed by atoms with E-state index in [9.17, 15) is 4.79 Å². The molecule has 1 aromatic rings. The number of hydrogen-bond acceptors (Lipinski definition) is 3. The number of benzene rings is 1. The van der Waals surface area contributed by atoms with Gasteiger partial charge in [0.15, 0.2) is 0 Å². The lowest BCUT2D eigenvalue weighted by Gasteiger charge is -2.41. The van der Waals surface area contributed by atoms with Crippen LogP contribution in [-0.2, 0) is 11.2 Å². The van der Waals surface area contributed by atoms with Crippen LogP contribution in [0.1, 0.15) is 25.3 Å². The molecule has 114 valence electrons. The third kappa shape index (κ3) is 3.56. The fourth-order valence-corrected chi connectivity index (χ4v) is 3.16. The molecule has 4 nitrogen and oxygen atoms in total. The first kappa shape index (κ1) is 14.4. The van der Waals surface area contributed by atoms with Crippen molar-refractivity contribution in [3.05, 3.63) is 35.9 Å². The van der Waals surface area contributed by atoms with Crippen LogP contribution >= 0.6 is 0 Å². The van der Waals surface area contributed by atoms with E-state index in [0.717, 1.165) is 32.1 Å². The van der Waals surface area contributed by atoms with E-state index in [1.54, 1.807) is 0 Å². The van der Waals surface area contributed by atoms with E-state index < -0.39 is 0 Å². The molecule has 1 heterocycles. The molecule has 1 aromatic carbocycles. The van der Waals surface area contributed by atoms with Crippen molar-refractivity contribution >= 4 is 6.09 Å². The fraction of sp³-hybridized carbons (Fsp3) is 0.588. The van der Waals surface area contributed by atoms with Gasteiger partial charge in [-0.15, -0.1) is 0 Å². The van der Waals surface area contributed by atoms with E-state index in [0.29, 0.717) is 6.61 Å². The lowest BCUT2D eigenvalue weighted by molar-refractivity contribution is 0.0463. The highest BCUT2D eigenvalue weighted by molar-refractivity contribution is 5.68. The molecule has 4 heteroatoms. The highest BCUT2D eigenvalue weighted by Gasteiger charge is 2.37. The Balaban J connectivity index is 1.70. The second kappa shape index (κ2) is 6.48. The average molecular weight is 288 g/mol. The van der Waals surface area contributed by atoms with Crippen molar-refractivity contribution in [2.24, 2.45) is 0 Å². The van der Waals surface area contributed by atoms with Crippen molar-refractivity contribution in [2.45, 2.75) is 38.3 Å². The molecule has 1 aliphatic heterocycles. The normalized spacial score (nSPS) is 23.1. The zero-order valence-electron chi connectivity index (χ0n) is 12.7. The highest BCUT2D eigenvalue weighted by Crippen LogP contribution is 2.29. The lowest BCUT2D eigenvalue weighted by atomic mass is 10.0. The second-order valence-corrected chi connectivity index (χ2v) is 5.96. The van der Waals surface area contributed by atoms with Crippen molar-refractivity contribution in [1.82, 2.24) is 9.80 Å². The molecule has 2 fully saturated rings. The molecule has 1 saturated carbocycles. The molecule has 0 N–H and O–H groups in total. The number of hydrogen-bond donors (Lipinski definition) is 0. The minimum atomic E-state index is -0.158. The van der Waals surface area contributed by atoms with Crippen molar-refractivity contribution in [3.63, 3.8) is 0 Å². The first-order valence-corrected chi connectivity index (χ1v) is 7.99. The standard InChI is InChI=1S/C17H24N2O2/c1-2-21-17(20)19-11-10-18(15-8-9-15)13-16(19)12-14-6-4-3-5-7-14/h3-7,15-16H,2,8-13H2,1H3. The van der Waals surface area contributed by atoms with Gasteiger partial charge in [0, 0.05) is 25.7 Å². The molecular weight excluding hydrogens is 264 g/mol. The molecule has 0 radical (unpaired) electrons. The Kier molecular flexibility index (Phi) is 4.44. The zero-order valence-corrected chi connectivity index (χ0v) is 12.7. The van der Waals surface area contributed by atoms with Crippen LogP contribution < -0.4 is 0 Å². The molecule has 0 spiro atoms. The number of carbonyl (C=O) groups excluding carboxylic acids is 1. The summed E-state index contributed by atoms with van der Waals surface area (Å²) < 4.78 is 5.23. The summed E-state index contributed by atoms with van der Waals surface area (Å²) in [5.41, 5.74) is 1.29. The summed E-state index contributed by atoms with van der Waals surface area (Å²) in [6, 6.07) is 11.4. The maximum Gasteiger partial charge on any atom is 0.410 e. The number of piperazine rings is 1. The number of nitrogens with zero attached hydrogens (tertiary/aromatic N) is 2. The minimum absolute atomic E-state index is 0.158. The summed E-state index contributed by atoms with van der Waals surface area (Å²) in [6.45, 7) is 5.05. The number of carbonyl (C=O) groups is 1. The molecule has 1 unspecified atom stereocenters. The van der Waals surface area contributed by atoms with Crippen molar-refractivity contribution < 1.29 is 9.53 Å². The summed E-state index contributed by atoms with van der Waals surface area (Å²) in [5.74, 6) is 0. The van der Waals surface area contributed by atoms with Crippen LogP contribution in [0.25, 0.3) is 0 Å². The van der Waals surface area contributed by atoms with Crippen LogP contribution in [0.4, 0.5) is 4.79 Å². The molecule has 0 aromatic heterocycles. The first-order valence-electron chi connectivity index (χ1n) is 7.99. The van der Waals surface area contributed by atoms with Crippen LogP contribution in [0.5, 0.6) is 0 Å². The Morgan fingerprint density at radius 1 is 1.24 bits per heavy atom. The van der Waals surface area contributed by atoms with E-state index in [1.165, 1.54) is 18.4 Å². The van der Waals surface area contributed by atoms with Gasteiger partial charge in [0.25, 0.3) is 0 Å². The molecule has 3 rings (SSSR count). The van der Waals surface area contributed by atoms with Gasteiger partial charge in [0.1, 0.15) is 0 Å². The van der Waals surface area contributed by atoms with E-state index in [-0.39, 0.29) is 12.1 Å². The molecule has 21 heavy (non-hydrogen) atoms. The Bertz CT molecular complexity index is 473. The summed E-state index contributed by atoms with van der Waals surface area (Å²) >= 11 is 0. The average Bonchev–Trinajstić information content (AvgIpc) is 3.33. The van der Waals surface area contributed by atoms with Gasteiger partial charge in [-0.05, 0) is 31.7 Å². The summed E-state index contributed by atoms with van der Waals surface area (Å²) in [4.78, 5) is 16.6. The lowest BCUT2D eigenvalue weighted by Crippen LogP contribution is -2.56. The van der Waals surface area contributed by atoms with E-state index in [1.807, 2.05) is 17.9 Å². The molecule has 1 saturated heterocycles. The minimum Gasteiger partial charge on any atom is -0.450 e.